The Morgan fingerprint density at radius 1 is 0.980 bits per heavy atom. The maximum atomic E-state index is 13.1. The number of nitrogens with zero attached hydrogens (tertiary/aromatic N) is 3. The van der Waals surface area contributed by atoms with Gasteiger partial charge in [0.2, 0.25) is 5.91 Å². The summed E-state index contributed by atoms with van der Waals surface area (Å²) < 4.78 is 36.6. The van der Waals surface area contributed by atoms with Crippen LogP contribution in [0.4, 0.5) is 5.82 Å². The number of anilines is 1. The average molecular weight is 671 g/mol. The van der Waals surface area contributed by atoms with E-state index in [4.69, 9.17) is 33.7 Å². The van der Waals surface area contributed by atoms with Crippen molar-refractivity contribution < 1.29 is 38.3 Å². The number of amides is 1. The summed E-state index contributed by atoms with van der Waals surface area (Å²) in [4.78, 5) is 28.6. The molecule has 1 aromatic heterocycles. The predicted octanol–water partition coefficient (Wildman–Crippen LogP) is 3.76. The molecule has 0 bridgehead atoms. The summed E-state index contributed by atoms with van der Waals surface area (Å²) in [6.45, 7) is 1.01. The molecule has 13 nitrogen and oxygen atoms in total. The van der Waals surface area contributed by atoms with Gasteiger partial charge in [-0.2, -0.15) is 10.2 Å². The molecule has 3 aromatic carbocycles. The van der Waals surface area contributed by atoms with Crippen LogP contribution in [0, 0.1) is 11.3 Å². The van der Waals surface area contributed by atoms with Gasteiger partial charge < -0.3 is 38.8 Å². The van der Waals surface area contributed by atoms with Gasteiger partial charge in [-0.05, 0) is 47.0 Å². The Balaban J connectivity index is 1.52. The van der Waals surface area contributed by atoms with Gasteiger partial charge >= 0.3 is 5.69 Å². The molecule has 1 aliphatic heterocycles. The number of aromatic nitrogens is 2. The van der Waals surface area contributed by atoms with Crippen LogP contribution in [0.5, 0.6) is 11.5 Å². The van der Waals surface area contributed by atoms with Crippen LogP contribution in [0.15, 0.2) is 95.9 Å². The zero-order valence-corrected chi connectivity index (χ0v) is 27.4. The number of ether oxygens (including phenoxy) is 6. The van der Waals surface area contributed by atoms with Crippen LogP contribution in [0.25, 0.3) is 0 Å². The number of hydrogen-bond donors (Lipinski definition) is 2. The largest absolute Gasteiger partial charge is 0.497 e. The van der Waals surface area contributed by atoms with E-state index in [1.807, 2.05) is 84.9 Å². The third-order valence-electron chi connectivity index (χ3n) is 8.06. The fraction of sp³-hybridized carbons (Fsp3) is 0.333. The summed E-state index contributed by atoms with van der Waals surface area (Å²) in [6.07, 6.45) is -2.95. The quantitative estimate of drug-likeness (QED) is 0.108. The fourth-order valence-electron chi connectivity index (χ4n) is 5.70. The van der Waals surface area contributed by atoms with Gasteiger partial charge in [0.05, 0.1) is 39.9 Å². The molecule has 1 fully saturated rings. The molecule has 4 aromatic rings. The molecule has 2 heterocycles. The van der Waals surface area contributed by atoms with Crippen LogP contribution >= 0.6 is 0 Å². The average Bonchev–Trinajstić information content (AvgIpc) is 3.43. The molecule has 5 rings (SSSR count). The first-order valence-electron chi connectivity index (χ1n) is 15.6. The zero-order valence-electron chi connectivity index (χ0n) is 27.4. The summed E-state index contributed by atoms with van der Waals surface area (Å²) in [5.41, 5.74) is 0.430. The van der Waals surface area contributed by atoms with Crippen LogP contribution in [0.2, 0.25) is 0 Å². The molecular formula is C36H38N4O9. The van der Waals surface area contributed by atoms with Gasteiger partial charge in [0.25, 0.3) is 0 Å². The summed E-state index contributed by atoms with van der Waals surface area (Å²) >= 11 is 0. The lowest BCUT2D eigenvalue weighted by atomic mass is 9.80. The Morgan fingerprint density at radius 2 is 1.59 bits per heavy atom. The number of methoxy groups -OCH3 is 2. The van der Waals surface area contributed by atoms with Crippen LogP contribution in [-0.4, -0.2) is 73.1 Å². The number of aliphatic hydroxyl groups excluding tert-OH is 1. The molecule has 4 atom stereocenters. The van der Waals surface area contributed by atoms with E-state index in [1.165, 1.54) is 23.8 Å². The Hall–Kier alpha value is -5.10. The lowest BCUT2D eigenvalue weighted by Crippen LogP contribution is -2.41. The van der Waals surface area contributed by atoms with Gasteiger partial charge in [-0.3, -0.25) is 9.36 Å². The van der Waals surface area contributed by atoms with E-state index in [9.17, 15) is 14.7 Å². The third kappa shape index (κ3) is 7.97. The number of nitriles is 1. The standard InChI is InChI=1S/C36H38N4O9/c1-24(41)38-31-18-20-40(35(43)39-31)34-33(47-23-46-21-7-19-37)32(42)30(49-34)22-48-36(25-8-5-4-6-9-25,26-10-14-28(44-2)15-11-26)27-12-16-29(45-3)17-13-27/h4-6,8-18,20,30,32-34,42H,7,21-23H2,1-3H3,(H,38,39,41,43)/t30-,32-,33-,34-/m1/s1. The van der Waals surface area contributed by atoms with Gasteiger partial charge in [0.1, 0.15) is 48.0 Å². The van der Waals surface area contributed by atoms with Crippen molar-refractivity contribution in [3.63, 3.8) is 0 Å². The van der Waals surface area contributed by atoms with Crippen LogP contribution in [0.3, 0.4) is 0 Å². The first-order valence-corrected chi connectivity index (χ1v) is 15.6. The number of benzene rings is 3. The maximum absolute atomic E-state index is 13.1. The van der Waals surface area contributed by atoms with Gasteiger partial charge in [-0.15, -0.1) is 0 Å². The predicted molar refractivity (Wildman–Crippen MR) is 177 cm³/mol. The molecule has 0 aliphatic carbocycles. The topological polar surface area (TPSA) is 163 Å². The Kier molecular flexibility index (Phi) is 11.7. The second-order valence-electron chi connectivity index (χ2n) is 11.1. The van der Waals surface area contributed by atoms with E-state index in [0.29, 0.717) is 11.5 Å². The highest BCUT2D eigenvalue weighted by molar-refractivity contribution is 5.87. The second-order valence-corrected chi connectivity index (χ2v) is 11.1. The van der Waals surface area contributed by atoms with Gasteiger partial charge in [-0.25, -0.2) is 4.79 Å². The smallest absolute Gasteiger partial charge is 0.351 e. The van der Waals surface area contributed by atoms with E-state index >= 15 is 0 Å². The minimum Gasteiger partial charge on any atom is -0.497 e. The Labute approximate surface area is 283 Å². The number of hydrogen-bond acceptors (Lipinski definition) is 11. The summed E-state index contributed by atoms with van der Waals surface area (Å²) in [5, 5.41) is 23.0. The van der Waals surface area contributed by atoms with Crippen LogP contribution in [0.1, 0.15) is 36.3 Å². The van der Waals surface area contributed by atoms with Gasteiger partial charge in [-0.1, -0.05) is 54.6 Å². The number of carbonyl (C=O) groups excluding carboxylic acids is 1. The molecule has 0 radical (unpaired) electrons. The molecule has 1 aliphatic rings. The molecule has 0 spiro atoms. The summed E-state index contributed by atoms with van der Waals surface area (Å²) in [7, 11) is 3.19. The van der Waals surface area contributed by atoms with Crippen molar-refractivity contribution in [1.29, 1.82) is 5.26 Å². The molecule has 2 N–H and O–H groups in total. The lowest BCUT2D eigenvalue weighted by molar-refractivity contribution is -0.139. The van der Waals surface area contributed by atoms with E-state index < -0.39 is 35.8 Å². The maximum Gasteiger partial charge on any atom is 0.351 e. The molecule has 1 saturated heterocycles. The molecule has 256 valence electrons. The summed E-state index contributed by atoms with van der Waals surface area (Å²) in [6, 6.07) is 28.1. The highest BCUT2D eigenvalue weighted by Crippen LogP contribution is 2.43. The van der Waals surface area contributed by atoms with Crippen molar-refractivity contribution in [1.82, 2.24) is 9.55 Å². The molecule has 13 heteroatoms. The zero-order chi connectivity index (χ0) is 34.8. The van der Waals surface area contributed by atoms with Crippen molar-refractivity contribution in [2.24, 2.45) is 0 Å². The Morgan fingerprint density at radius 3 is 2.14 bits per heavy atom. The van der Waals surface area contributed by atoms with Crippen molar-refractivity contribution in [2.75, 3.05) is 39.5 Å². The van der Waals surface area contributed by atoms with E-state index in [1.54, 1.807) is 14.2 Å². The minimum atomic E-state index is -1.29. The van der Waals surface area contributed by atoms with Crippen molar-refractivity contribution in [3.05, 3.63) is 118 Å². The highest BCUT2D eigenvalue weighted by Gasteiger charge is 2.48. The highest BCUT2D eigenvalue weighted by atomic mass is 16.7. The third-order valence-corrected chi connectivity index (χ3v) is 8.06. The van der Waals surface area contributed by atoms with Crippen molar-refractivity contribution >= 4 is 11.7 Å². The minimum absolute atomic E-state index is 0.0658. The monoisotopic (exact) mass is 670 g/mol. The fourth-order valence-corrected chi connectivity index (χ4v) is 5.70. The van der Waals surface area contributed by atoms with Gasteiger partial charge in [0.15, 0.2) is 6.23 Å². The van der Waals surface area contributed by atoms with E-state index in [0.717, 1.165) is 16.7 Å². The number of rotatable bonds is 15. The summed E-state index contributed by atoms with van der Waals surface area (Å²) in [5.74, 6) is 1.01. The first-order chi connectivity index (χ1) is 23.8. The van der Waals surface area contributed by atoms with E-state index in [-0.39, 0.29) is 38.2 Å². The number of nitrogens with one attached hydrogen (secondary N) is 1. The first kappa shape index (κ1) is 35.2. The lowest BCUT2D eigenvalue weighted by Gasteiger charge is -2.37. The van der Waals surface area contributed by atoms with Crippen molar-refractivity contribution in [2.45, 2.75) is 43.5 Å². The second kappa shape index (κ2) is 16.3. The Bertz CT molecular complexity index is 1730. The molecule has 49 heavy (non-hydrogen) atoms. The van der Waals surface area contributed by atoms with Gasteiger partial charge in [0, 0.05) is 13.1 Å². The van der Waals surface area contributed by atoms with Crippen LogP contribution < -0.4 is 20.5 Å². The van der Waals surface area contributed by atoms with E-state index in [2.05, 4.69) is 10.3 Å². The molecule has 0 unspecified atom stereocenters. The number of carbonyl (C=O) groups is 1. The molecule has 0 saturated carbocycles. The molecular weight excluding hydrogens is 632 g/mol. The van der Waals surface area contributed by atoms with Crippen molar-refractivity contribution in [3.8, 4) is 17.6 Å². The molecule has 1 amide bonds. The van der Waals surface area contributed by atoms with Crippen LogP contribution in [-0.2, 0) is 29.3 Å². The SMILES string of the molecule is COc1ccc(C(OC[C@H]2O[C@@H](n3ccc(NC(C)=O)nc3=O)[C@H](OCOCCC#N)[C@@H]2O)(c2ccccc2)c2ccc(OC)cc2)cc1. The number of aliphatic hydroxyl groups is 1. The normalized spacial score (nSPS) is 18.8.